The Labute approximate surface area is 138 Å². The van der Waals surface area contributed by atoms with Crippen LogP contribution in [0, 0.1) is 5.41 Å². The van der Waals surface area contributed by atoms with Gasteiger partial charge in [-0.25, -0.2) is 0 Å². The van der Waals surface area contributed by atoms with Crippen LogP contribution in [0.1, 0.15) is 64.2 Å². The van der Waals surface area contributed by atoms with Crippen LogP contribution in [0.4, 0.5) is 0 Å². The van der Waals surface area contributed by atoms with E-state index >= 15 is 0 Å². The Morgan fingerprint density at radius 2 is 2.00 bits per heavy atom. The minimum absolute atomic E-state index is 0.0834. The largest absolute Gasteiger partial charge is 0.368 e. The van der Waals surface area contributed by atoms with Crippen LogP contribution in [0.25, 0.3) is 0 Å². The molecule has 0 radical (unpaired) electrons. The Balaban J connectivity index is 1.97. The predicted octanol–water partition coefficient (Wildman–Crippen LogP) is 3.81. The van der Waals surface area contributed by atoms with Crippen LogP contribution in [0.5, 0.6) is 0 Å². The van der Waals surface area contributed by atoms with Gasteiger partial charge >= 0.3 is 0 Å². The minimum Gasteiger partial charge on any atom is -0.368 e. The average Bonchev–Trinajstić information content (AvgIpc) is 2.92. The molecule has 0 aromatic carbocycles. The first-order valence-electron chi connectivity index (χ1n) is 8.14. The third-order valence-corrected chi connectivity index (χ3v) is 3.89. The highest BCUT2D eigenvalue weighted by molar-refractivity contribution is 5.92. The Bertz CT molecular complexity index is 588. The molecule has 23 heavy (non-hydrogen) atoms. The van der Waals surface area contributed by atoms with E-state index in [1.54, 1.807) is 6.07 Å². The molecule has 0 bridgehead atoms. The maximum absolute atomic E-state index is 12.5. The summed E-state index contributed by atoms with van der Waals surface area (Å²) in [4.78, 5) is 14.3. The topological polar surface area (TPSA) is 55.6 Å². The van der Waals surface area contributed by atoms with Gasteiger partial charge < -0.3 is 14.2 Å². The SMILES string of the molecule is CC(C)(C)OCc1cc(C(=O)N2CC=C(C(C)(C)C)CC2)no1. The molecule has 0 unspecified atom stereocenters. The van der Waals surface area contributed by atoms with Gasteiger partial charge in [-0.05, 0) is 32.6 Å². The lowest BCUT2D eigenvalue weighted by molar-refractivity contribution is -0.0241. The Hall–Kier alpha value is -1.62. The van der Waals surface area contributed by atoms with Gasteiger partial charge in [-0.3, -0.25) is 4.79 Å². The molecule has 1 aliphatic heterocycles. The van der Waals surface area contributed by atoms with Crippen molar-refractivity contribution in [1.29, 1.82) is 0 Å². The van der Waals surface area contributed by atoms with Gasteiger partial charge in [0.15, 0.2) is 11.5 Å². The summed E-state index contributed by atoms with van der Waals surface area (Å²) >= 11 is 0. The van der Waals surface area contributed by atoms with Gasteiger partial charge in [0.1, 0.15) is 6.61 Å². The van der Waals surface area contributed by atoms with Crippen molar-refractivity contribution in [2.24, 2.45) is 5.41 Å². The Morgan fingerprint density at radius 3 is 2.52 bits per heavy atom. The molecule has 5 heteroatoms. The van der Waals surface area contributed by atoms with E-state index in [1.807, 2.05) is 25.7 Å². The van der Waals surface area contributed by atoms with E-state index < -0.39 is 0 Å². The van der Waals surface area contributed by atoms with Crippen molar-refractivity contribution in [2.75, 3.05) is 13.1 Å². The zero-order valence-corrected chi connectivity index (χ0v) is 15.1. The molecule has 128 valence electrons. The van der Waals surface area contributed by atoms with Gasteiger partial charge in [-0.1, -0.05) is 37.6 Å². The van der Waals surface area contributed by atoms with Gasteiger partial charge in [0.25, 0.3) is 5.91 Å². The van der Waals surface area contributed by atoms with E-state index in [9.17, 15) is 4.79 Å². The van der Waals surface area contributed by atoms with Crippen LogP contribution < -0.4 is 0 Å². The van der Waals surface area contributed by atoms with Crippen molar-refractivity contribution in [3.05, 3.63) is 29.2 Å². The van der Waals surface area contributed by atoms with E-state index in [2.05, 4.69) is 32.0 Å². The lowest BCUT2D eigenvalue weighted by atomic mass is 9.83. The number of amides is 1. The molecule has 0 saturated heterocycles. The minimum atomic E-state index is -0.252. The van der Waals surface area contributed by atoms with Crippen LogP contribution in [0.2, 0.25) is 0 Å². The zero-order chi connectivity index (χ0) is 17.3. The number of carbonyl (C=O) groups excluding carboxylic acids is 1. The summed E-state index contributed by atoms with van der Waals surface area (Å²) in [6, 6.07) is 1.68. The second-order valence-corrected chi connectivity index (χ2v) is 8.06. The van der Waals surface area contributed by atoms with Gasteiger partial charge in [0.2, 0.25) is 0 Å². The standard InChI is InChI=1S/C18H28N2O3/c1-17(2,3)13-7-9-20(10-8-13)16(21)15-11-14(23-19-15)12-22-18(4,5)6/h7,11H,8-10,12H2,1-6H3. The first-order chi connectivity index (χ1) is 10.6. The van der Waals surface area contributed by atoms with Crippen LogP contribution in [0.15, 0.2) is 22.2 Å². The van der Waals surface area contributed by atoms with E-state index in [0.29, 0.717) is 24.6 Å². The molecule has 0 N–H and O–H groups in total. The molecule has 1 aliphatic rings. The lowest BCUT2D eigenvalue weighted by Crippen LogP contribution is -2.36. The quantitative estimate of drug-likeness (QED) is 0.795. The Morgan fingerprint density at radius 1 is 1.30 bits per heavy atom. The molecule has 1 amide bonds. The molecule has 0 fully saturated rings. The summed E-state index contributed by atoms with van der Waals surface area (Å²) in [6.45, 7) is 14.2. The van der Waals surface area contributed by atoms with Gasteiger partial charge in [0.05, 0.1) is 5.60 Å². The first-order valence-corrected chi connectivity index (χ1v) is 8.14. The zero-order valence-electron chi connectivity index (χ0n) is 15.1. The smallest absolute Gasteiger partial charge is 0.276 e. The van der Waals surface area contributed by atoms with Crippen LogP contribution in [0.3, 0.4) is 0 Å². The van der Waals surface area contributed by atoms with E-state index in [-0.39, 0.29) is 16.9 Å². The number of carbonyl (C=O) groups is 1. The number of aromatic nitrogens is 1. The fraction of sp³-hybridized carbons (Fsp3) is 0.667. The number of hydrogen-bond donors (Lipinski definition) is 0. The third kappa shape index (κ3) is 4.93. The molecule has 5 nitrogen and oxygen atoms in total. The highest BCUT2D eigenvalue weighted by atomic mass is 16.5. The van der Waals surface area contributed by atoms with E-state index in [0.717, 1.165) is 13.0 Å². The second kappa shape index (κ2) is 6.48. The molecule has 2 heterocycles. The van der Waals surface area contributed by atoms with Crippen molar-refractivity contribution in [3.63, 3.8) is 0 Å². The second-order valence-electron chi connectivity index (χ2n) is 8.06. The first kappa shape index (κ1) is 17.7. The van der Waals surface area contributed by atoms with Crippen molar-refractivity contribution in [1.82, 2.24) is 10.1 Å². The molecule has 0 aliphatic carbocycles. The van der Waals surface area contributed by atoms with Gasteiger partial charge in [-0.2, -0.15) is 0 Å². The molecular formula is C18H28N2O3. The number of nitrogens with zero attached hydrogens (tertiary/aromatic N) is 2. The summed E-state index contributed by atoms with van der Waals surface area (Å²) in [5, 5.41) is 3.89. The predicted molar refractivity (Wildman–Crippen MR) is 89.1 cm³/mol. The van der Waals surface area contributed by atoms with Crippen molar-refractivity contribution >= 4 is 5.91 Å². The molecular weight excluding hydrogens is 292 g/mol. The third-order valence-electron chi connectivity index (χ3n) is 3.89. The van der Waals surface area contributed by atoms with Crippen molar-refractivity contribution in [2.45, 2.75) is 60.2 Å². The van der Waals surface area contributed by atoms with Crippen LogP contribution in [-0.2, 0) is 11.3 Å². The number of ether oxygens (including phenoxy) is 1. The van der Waals surface area contributed by atoms with E-state index in [4.69, 9.17) is 9.26 Å². The monoisotopic (exact) mass is 320 g/mol. The van der Waals surface area contributed by atoms with E-state index in [1.165, 1.54) is 5.57 Å². The maximum Gasteiger partial charge on any atom is 0.276 e. The van der Waals surface area contributed by atoms with Crippen molar-refractivity contribution in [3.8, 4) is 0 Å². The van der Waals surface area contributed by atoms with Crippen LogP contribution in [-0.4, -0.2) is 34.7 Å². The Kier molecular flexibility index (Phi) is 4.99. The summed E-state index contributed by atoms with van der Waals surface area (Å²) in [5.74, 6) is 0.492. The molecule has 2 rings (SSSR count). The summed E-state index contributed by atoms with van der Waals surface area (Å²) in [7, 11) is 0. The summed E-state index contributed by atoms with van der Waals surface area (Å²) in [6.07, 6.45) is 3.07. The van der Waals surface area contributed by atoms with Crippen LogP contribution >= 0.6 is 0 Å². The molecule has 0 saturated carbocycles. The molecule has 1 aromatic heterocycles. The molecule has 0 atom stereocenters. The average molecular weight is 320 g/mol. The fourth-order valence-corrected chi connectivity index (χ4v) is 2.47. The fourth-order valence-electron chi connectivity index (χ4n) is 2.47. The number of hydrogen-bond acceptors (Lipinski definition) is 4. The summed E-state index contributed by atoms with van der Waals surface area (Å²) in [5.41, 5.74) is 1.67. The number of rotatable bonds is 3. The highest BCUT2D eigenvalue weighted by Crippen LogP contribution is 2.30. The van der Waals surface area contributed by atoms with Gasteiger partial charge in [-0.15, -0.1) is 0 Å². The molecule has 0 spiro atoms. The molecule has 1 aromatic rings. The van der Waals surface area contributed by atoms with Gasteiger partial charge in [0, 0.05) is 19.2 Å². The summed E-state index contributed by atoms with van der Waals surface area (Å²) < 4.78 is 10.8. The highest BCUT2D eigenvalue weighted by Gasteiger charge is 2.26. The lowest BCUT2D eigenvalue weighted by Gasteiger charge is -2.31. The normalized spacial score (nSPS) is 16.4. The van der Waals surface area contributed by atoms with Crippen molar-refractivity contribution < 1.29 is 14.1 Å². The maximum atomic E-state index is 12.5.